The molecule has 0 N–H and O–H groups in total. The molecule has 0 heterocycles. The van der Waals surface area contributed by atoms with Crippen molar-refractivity contribution in [3.63, 3.8) is 0 Å². The Balaban J connectivity index is 2.72. The van der Waals surface area contributed by atoms with E-state index < -0.39 is 0 Å². The van der Waals surface area contributed by atoms with Gasteiger partial charge in [0.15, 0.2) is 6.29 Å². The first-order chi connectivity index (χ1) is 8.15. The van der Waals surface area contributed by atoms with E-state index in [1.165, 1.54) is 0 Å². The third-order valence-corrected chi connectivity index (χ3v) is 2.43. The van der Waals surface area contributed by atoms with Crippen LogP contribution in [0.3, 0.4) is 0 Å². The van der Waals surface area contributed by atoms with Crippen molar-refractivity contribution in [2.24, 2.45) is 0 Å². The molecule has 0 saturated carbocycles. The second kappa shape index (κ2) is 7.72. The maximum Gasteiger partial charge on any atom is 0.177 e. The Morgan fingerprint density at radius 2 is 1.59 bits per heavy atom. The van der Waals surface area contributed by atoms with Gasteiger partial charge in [0.25, 0.3) is 0 Å². The molecule has 2 nitrogen and oxygen atoms in total. The van der Waals surface area contributed by atoms with Crippen LogP contribution in [0.5, 0.6) is 0 Å². The molecular formula is C13H16Cl2O2. The van der Waals surface area contributed by atoms with Crippen molar-refractivity contribution in [1.82, 2.24) is 0 Å². The van der Waals surface area contributed by atoms with Gasteiger partial charge in [-0.25, -0.2) is 0 Å². The molecule has 1 aromatic carbocycles. The number of halogens is 2. The van der Waals surface area contributed by atoms with Crippen LogP contribution >= 0.6 is 23.2 Å². The zero-order valence-electron chi connectivity index (χ0n) is 9.95. The lowest BCUT2D eigenvalue weighted by atomic mass is 10.2. The van der Waals surface area contributed by atoms with E-state index in [2.05, 4.69) is 0 Å². The summed E-state index contributed by atoms with van der Waals surface area (Å²) in [6, 6.07) is 5.36. The normalized spacial score (nSPS) is 11.6. The molecular weight excluding hydrogens is 259 g/mol. The number of benzene rings is 1. The summed E-state index contributed by atoms with van der Waals surface area (Å²) in [6.45, 7) is 5.06. The lowest BCUT2D eigenvalue weighted by Crippen LogP contribution is -2.13. The molecule has 0 radical (unpaired) electrons. The van der Waals surface area contributed by atoms with Gasteiger partial charge in [-0.1, -0.05) is 29.3 Å². The van der Waals surface area contributed by atoms with Gasteiger partial charge < -0.3 is 9.47 Å². The Morgan fingerprint density at radius 3 is 2.06 bits per heavy atom. The van der Waals surface area contributed by atoms with Crippen molar-refractivity contribution in [1.29, 1.82) is 0 Å². The first kappa shape index (κ1) is 14.5. The Bertz CT molecular complexity index is 351. The highest BCUT2D eigenvalue weighted by molar-refractivity contribution is 6.34. The summed E-state index contributed by atoms with van der Waals surface area (Å²) in [5.41, 5.74) is 0.923. The fraction of sp³-hybridized carbons (Fsp3) is 0.385. The molecule has 1 aromatic rings. The van der Waals surface area contributed by atoms with Crippen molar-refractivity contribution >= 4 is 29.3 Å². The van der Waals surface area contributed by atoms with Gasteiger partial charge in [-0.05, 0) is 43.7 Å². The van der Waals surface area contributed by atoms with Crippen molar-refractivity contribution in [3.8, 4) is 0 Å². The van der Waals surface area contributed by atoms with Crippen LogP contribution in [0.4, 0.5) is 0 Å². The Hall–Kier alpha value is -0.540. The molecule has 0 aliphatic carbocycles. The molecule has 0 aliphatic heterocycles. The molecule has 0 amide bonds. The van der Waals surface area contributed by atoms with Gasteiger partial charge in [-0.3, -0.25) is 0 Å². The monoisotopic (exact) mass is 274 g/mol. The Kier molecular flexibility index (Phi) is 6.60. The molecule has 1 rings (SSSR count). The van der Waals surface area contributed by atoms with E-state index in [-0.39, 0.29) is 6.29 Å². The van der Waals surface area contributed by atoms with E-state index in [0.29, 0.717) is 23.3 Å². The number of rotatable bonds is 6. The lowest BCUT2D eigenvalue weighted by Gasteiger charge is -2.12. The third kappa shape index (κ3) is 5.55. The molecule has 4 heteroatoms. The zero-order chi connectivity index (χ0) is 12.7. The highest BCUT2D eigenvalue weighted by Crippen LogP contribution is 2.20. The smallest absolute Gasteiger partial charge is 0.177 e. The fourth-order valence-corrected chi connectivity index (χ4v) is 1.89. The highest BCUT2D eigenvalue weighted by Gasteiger charge is 2.02. The Labute approximate surface area is 112 Å². The van der Waals surface area contributed by atoms with Crippen LogP contribution in [0.25, 0.3) is 6.08 Å². The predicted molar refractivity (Wildman–Crippen MR) is 72.5 cm³/mol. The molecule has 0 saturated heterocycles. The first-order valence-electron chi connectivity index (χ1n) is 5.53. The number of ether oxygens (including phenoxy) is 2. The van der Waals surface area contributed by atoms with Gasteiger partial charge in [-0.2, -0.15) is 0 Å². The summed E-state index contributed by atoms with van der Waals surface area (Å²) in [4.78, 5) is 0. The maximum atomic E-state index is 5.91. The number of hydrogen-bond acceptors (Lipinski definition) is 2. The lowest BCUT2D eigenvalue weighted by molar-refractivity contribution is -0.103. The first-order valence-corrected chi connectivity index (χ1v) is 6.28. The van der Waals surface area contributed by atoms with Gasteiger partial charge in [0.05, 0.1) is 0 Å². The standard InChI is InChI=1S/C13H16Cl2O2/c1-3-16-13(17-4-2)6-5-10-7-11(14)9-12(15)8-10/h5-9,13H,3-4H2,1-2H3/b6-5+. The third-order valence-electron chi connectivity index (χ3n) is 1.99. The topological polar surface area (TPSA) is 18.5 Å². The molecule has 94 valence electrons. The summed E-state index contributed by atoms with van der Waals surface area (Å²) in [7, 11) is 0. The van der Waals surface area contributed by atoms with E-state index in [1.807, 2.05) is 38.1 Å². The number of hydrogen-bond donors (Lipinski definition) is 0. The van der Waals surface area contributed by atoms with Crippen molar-refractivity contribution in [3.05, 3.63) is 39.9 Å². The van der Waals surface area contributed by atoms with Crippen LogP contribution < -0.4 is 0 Å². The average Bonchev–Trinajstić information content (AvgIpc) is 2.25. The van der Waals surface area contributed by atoms with Crippen LogP contribution in [0.2, 0.25) is 10.0 Å². The van der Waals surface area contributed by atoms with Crippen molar-refractivity contribution in [2.75, 3.05) is 13.2 Å². The molecule has 0 atom stereocenters. The van der Waals surface area contributed by atoms with Crippen LogP contribution in [-0.2, 0) is 9.47 Å². The quantitative estimate of drug-likeness (QED) is 0.716. The summed E-state index contributed by atoms with van der Waals surface area (Å²) in [6.07, 6.45) is 3.39. The van der Waals surface area contributed by atoms with Crippen LogP contribution in [-0.4, -0.2) is 19.5 Å². The van der Waals surface area contributed by atoms with Gasteiger partial charge in [0.1, 0.15) is 0 Å². The molecule has 0 aromatic heterocycles. The molecule has 0 unspecified atom stereocenters. The van der Waals surface area contributed by atoms with Crippen LogP contribution in [0.1, 0.15) is 19.4 Å². The van der Waals surface area contributed by atoms with Crippen molar-refractivity contribution in [2.45, 2.75) is 20.1 Å². The minimum absolute atomic E-state index is 0.331. The highest BCUT2D eigenvalue weighted by atomic mass is 35.5. The molecule has 0 spiro atoms. The van der Waals surface area contributed by atoms with E-state index in [4.69, 9.17) is 32.7 Å². The van der Waals surface area contributed by atoms with E-state index in [0.717, 1.165) is 5.56 Å². The average molecular weight is 275 g/mol. The molecule has 17 heavy (non-hydrogen) atoms. The second-order valence-corrected chi connectivity index (χ2v) is 4.21. The minimum atomic E-state index is -0.331. The summed E-state index contributed by atoms with van der Waals surface area (Å²) in [5, 5.41) is 1.23. The minimum Gasteiger partial charge on any atom is -0.349 e. The largest absolute Gasteiger partial charge is 0.349 e. The predicted octanol–water partition coefficient (Wildman–Crippen LogP) is 4.41. The van der Waals surface area contributed by atoms with Crippen LogP contribution in [0, 0.1) is 0 Å². The molecule has 0 aliphatic rings. The van der Waals surface area contributed by atoms with E-state index in [9.17, 15) is 0 Å². The van der Waals surface area contributed by atoms with Crippen LogP contribution in [0.15, 0.2) is 24.3 Å². The Morgan fingerprint density at radius 1 is 1.06 bits per heavy atom. The zero-order valence-corrected chi connectivity index (χ0v) is 11.5. The maximum absolute atomic E-state index is 5.91. The van der Waals surface area contributed by atoms with Crippen molar-refractivity contribution < 1.29 is 9.47 Å². The van der Waals surface area contributed by atoms with Gasteiger partial charge in [0, 0.05) is 23.3 Å². The fourth-order valence-electron chi connectivity index (χ4n) is 1.35. The van der Waals surface area contributed by atoms with E-state index in [1.54, 1.807) is 6.07 Å². The van der Waals surface area contributed by atoms with E-state index >= 15 is 0 Å². The van der Waals surface area contributed by atoms with Gasteiger partial charge in [0.2, 0.25) is 0 Å². The molecule has 0 bridgehead atoms. The second-order valence-electron chi connectivity index (χ2n) is 3.34. The summed E-state index contributed by atoms with van der Waals surface area (Å²) >= 11 is 11.8. The SMILES string of the molecule is CCOC(/C=C/c1cc(Cl)cc(Cl)c1)OCC. The van der Waals surface area contributed by atoms with Gasteiger partial charge >= 0.3 is 0 Å². The molecule has 0 fully saturated rings. The summed E-state index contributed by atoms with van der Waals surface area (Å²) in [5.74, 6) is 0. The van der Waals surface area contributed by atoms with Gasteiger partial charge in [-0.15, -0.1) is 0 Å². The summed E-state index contributed by atoms with van der Waals surface area (Å²) < 4.78 is 10.8.